The van der Waals surface area contributed by atoms with E-state index in [1.165, 1.54) is 26.4 Å². The van der Waals surface area contributed by atoms with E-state index in [1.54, 1.807) is 13.0 Å². The maximum atomic E-state index is 11.5. The van der Waals surface area contributed by atoms with Crippen LogP contribution in [0.3, 0.4) is 0 Å². The van der Waals surface area contributed by atoms with E-state index in [0.29, 0.717) is 16.7 Å². The van der Waals surface area contributed by atoms with Crippen LogP contribution in [0.4, 0.5) is 0 Å². The monoisotopic (exact) mass is 262 g/mol. The minimum atomic E-state index is -0.570. The lowest BCUT2D eigenvalue weighted by atomic mass is 10.0. The maximum Gasteiger partial charge on any atom is 0.338 e. The summed E-state index contributed by atoms with van der Waals surface area (Å²) in [7, 11) is 2.74. The van der Waals surface area contributed by atoms with Gasteiger partial charge in [0.25, 0.3) is 0 Å². The number of ether oxygens (including phenoxy) is 2. The normalized spacial score (nSPS) is 10.5. The maximum absolute atomic E-state index is 11.5. The highest BCUT2D eigenvalue weighted by Gasteiger charge is 2.17. The van der Waals surface area contributed by atoms with E-state index in [9.17, 15) is 15.0 Å². The Hall–Kier alpha value is -2.43. The Kier molecular flexibility index (Phi) is 3.21. The first-order chi connectivity index (χ1) is 8.99. The standard InChI is InChI=1S/C14H14O5/c1-7-4-11(18-2)9-5-8(14(17)19-3)6-10(15)12(9)13(7)16/h4-6,15-16H,1-3H3. The summed E-state index contributed by atoms with van der Waals surface area (Å²) in [6.45, 7) is 1.70. The van der Waals surface area contributed by atoms with Crippen molar-refractivity contribution in [2.24, 2.45) is 0 Å². The van der Waals surface area contributed by atoms with Crippen molar-refractivity contribution in [1.82, 2.24) is 0 Å². The molecule has 0 aromatic heterocycles. The Morgan fingerprint density at radius 1 is 1.16 bits per heavy atom. The van der Waals surface area contributed by atoms with Crippen LogP contribution in [-0.2, 0) is 4.74 Å². The number of benzene rings is 2. The highest BCUT2D eigenvalue weighted by Crippen LogP contribution is 2.41. The van der Waals surface area contributed by atoms with Gasteiger partial charge >= 0.3 is 5.97 Å². The summed E-state index contributed by atoms with van der Waals surface area (Å²) in [6, 6.07) is 4.41. The van der Waals surface area contributed by atoms with Crippen LogP contribution in [0.5, 0.6) is 17.2 Å². The largest absolute Gasteiger partial charge is 0.507 e. The molecule has 0 aliphatic heterocycles. The quantitative estimate of drug-likeness (QED) is 0.812. The molecule has 0 amide bonds. The lowest BCUT2D eigenvalue weighted by molar-refractivity contribution is 0.0600. The van der Waals surface area contributed by atoms with Crippen LogP contribution in [0.1, 0.15) is 15.9 Å². The fourth-order valence-corrected chi connectivity index (χ4v) is 2.01. The summed E-state index contributed by atoms with van der Waals surface area (Å²) in [4.78, 5) is 11.5. The number of aromatic hydroxyl groups is 2. The van der Waals surface area contributed by atoms with Gasteiger partial charge in [-0.25, -0.2) is 4.79 Å². The van der Waals surface area contributed by atoms with Gasteiger partial charge in [-0.1, -0.05) is 0 Å². The molecule has 0 bridgehead atoms. The summed E-state index contributed by atoms with van der Waals surface area (Å²) < 4.78 is 9.83. The predicted molar refractivity (Wildman–Crippen MR) is 69.9 cm³/mol. The molecule has 2 aromatic rings. The number of aryl methyl sites for hydroxylation is 1. The zero-order valence-corrected chi connectivity index (χ0v) is 10.9. The van der Waals surface area contributed by atoms with Crippen molar-refractivity contribution in [3.05, 3.63) is 29.3 Å². The fourth-order valence-electron chi connectivity index (χ4n) is 2.01. The van der Waals surface area contributed by atoms with E-state index in [-0.39, 0.29) is 22.4 Å². The molecule has 19 heavy (non-hydrogen) atoms. The van der Waals surface area contributed by atoms with E-state index in [2.05, 4.69) is 4.74 Å². The number of fused-ring (bicyclic) bond motifs is 1. The molecule has 5 heteroatoms. The van der Waals surface area contributed by atoms with E-state index < -0.39 is 5.97 Å². The summed E-state index contributed by atoms with van der Waals surface area (Å²) in [5.41, 5.74) is 0.763. The van der Waals surface area contributed by atoms with Crippen LogP contribution in [-0.4, -0.2) is 30.4 Å². The van der Waals surface area contributed by atoms with Gasteiger partial charge in [0, 0.05) is 5.39 Å². The van der Waals surface area contributed by atoms with Gasteiger partial charge < -0.3 is 19.7 Å². The second kappa shape index (κ2) is 4.68. The lowest BCUT2D eigenvalue weighted by Crippen LogP contribution is -2.01. The van der Waals surface area contributed by atoms with Gasteiger partial charge in [0.15, 0.2) is 0 Å². The Morgan fingerprint density at radius 2 is 1.84 bits per heavy atom. The number of carbonyl (C=O) groups is 1. The van der Waals surface area contributed by atoms with Gasteiger partial charge in [-0.05, 0) is 30.7 Å². The Bertz CT molecular complexity index is 661. The van der Waals surface area contributed by atoms with Crippen LogP contribution in [0.2, 0.25) is 0 Å². The van der Waals surface area contributed by atoms with Crippen molar-refractivity contribution in [3.8, 4) is 17.2 Å². The minimum absolute atomic E-state index is 0.0373. The first-order valence-electron chi connectivity index (χ1n) is 5.61. The molecule has 0 saturated heterocycles. The third-order valence-corrected chi connectivity index (χ3v) is 2.98. The van der Waals surface area contributed by atoms with E-state index >= 15 is 0 Å². The molecule has 2 rings (SSSR count). The summed E-state index contributed by atoms with van der Waals surface area (Å²) in [5, 5.41) is 20.7. The van der Waals surface area contributed by atoms with Crippen LogP contribution >= 0.6 is 0 Å². The van der Waals surface area contributed by atoms with Crippen molar-refractivity contribution in [3.63, 3.8) is 0 Å². The Morgan fingerprint density at radius 3 is 2.42 bits per heavy atom. The van der Waals surface area contributed by atoms with Crippen molar-refractivity contribution >= 4 is 16.7 Å². The zero-order valence-electron chi connectivity index (χ0n) is 10.9. The number of phenols is 2. The molecular weight excluding hydrogens is 248 g/mol. The highest BCUT2D eigenvalue weighted by molar-refractivity contribution is 6.03. The molecule has 0 aliphatic rings. The molecule has 0 radical (unpaired) electrons. The van der Waals surface area contributed by atoms with Crippen molar-refractivity contribution in [2.75, 3.05) is 14.2 Å². The van der Waals surface area contributed by atoms with Crippen LogP contribution in [0.25, 0.3) is 10.8 Å². The molecule has 2 N–H and O–H groups in total. The van der Waals surface area contributed by atoms with Crippen molar-refractivity contribution < 1.29 is 24.5 Å². The smallest absolute Gasteiger partial charge is 0.338 e. The summed E-state index contributed by atoms with van der Waals surface area (Å²) >= 11 is 0. The molecule has 100 valence electrons. The number of phenolic OH excluding ortho intramolecular Hbond substituents is 2. The molecule has 0 atom stereocenters. The second-order valence-electron chi connectivity index (χ2n) is 4.15. The average molecular weight is 262 g/mol. The molecule has 0 aliphatic carbocycles. The van der Waals surface area contributed by atoms with Crippen LogP contribution < -0.4 is 4.74 Å². The van der Waals surface area contributed by atoms with Crippen LogP contribution in [0.15, 0.2) is 18.2 Å². The number of esters is 1. The molecule has 0 fully saturated rings. The Balaban J connectivity index is 2.87. The van der Waals surface area contributed by atoms with Gasteiger partial charge in [-0.2, -0.15) is 0 Å². The topological polar surface area (TPSA) is 76.0 Å². The molecular formula is C14H14O5. The average Bonchev–Trinajstić information content (AvgIpc) is 2.41. The summed E-state index contributed by atoms with van der Waals surface area (Å²) in [5.74, 6) is -0.340. The number of hydrogen-bond donors (Lipinski definition) is 2. The number of rotatable bonds is 2. The van der Waals surface area contributed by atoms with Crippen molar-refractivity contribution in [1.29, 1.82) is 0 Å². The minimum Gasteiger partial charge on any atom is -0.507 e. The highest BCUT2D eigenvalue weighted by atomic mass is 16.5. The van der Waals surface area contributed by atoms with E-state index in [4.69, 9.17) is 4.74 Å². The molecule has 5 nitrogen and oxygen atoms in total. The predicted octanol–water partition coefficient (Wildman–Crippen LogP) is 2.35. The Labute approximate surface area is 110 Å². The zero-order chi connectivity index (χ0) is 14.2. The van der Waals surface area contributed by atoms with Gasteiger partial charge in [0.1, 0.15) is 17.2 Å². The SMILES string of the molecule is COC(=O)c1cc(O)c2c(O)c(C)cc(OC)c2c1. The molecule has 0 unspecified atom stereocenters. The number of carbonyl (C=O) groups excluding carboxylic acids is 1. The van der Waals surface area contributed by atoms with Crippen molar-refractivity contribution in [2.45, 2.75) is 6.92 Å². The van der Waals surface area contributed by atoms with Gasteiger partial charge in [0.05, 0.1) is 25.2 Å². The first kappa shape index (κ1) is 13.0. The fraction of sp³-hybridized carbons (Fsp3) is 0.214. The van der Waals surface area contributed by atoms with Gasteiger partial charge in [0.2, 0.25) is 0 Å². The molecule has 0 saturated carbocycles. The van der Waals surface area contributed by atoms with Gasteiger partial charge in [-0.15, -0.1) is 0 Å². The molecule has 0 spiro atoms. The first-order valence-corrected chi connectivity index (χ1v) is 5.61. The number of hydrogen-bond acceptors (Lipinski definition) is 5. The van der Waals surface area contributed by atoms with Crippen LogP contribution in [0, 0.1) is 6.92 Å². The molecule has 2 aromatic carbocycles. The molecule has 0 heterocycles. The second-order valence-corrected chi connectivity index (χ2v) is 4.15. The number of methoxy groups -OCH3 is 2. The third kappa shape index (κ3) is 2.03. The van der Waals surface area contributed by atoms with Gasteiger partial charge in [-0.3, -0.25) is 0 Å². The third-order valence-electron chi connectivity index (χ3n) is 2.98. The van der Waals surface area contributed by atoms with E-state index in [1.807, 2.05) is 0 Å². The summed E-state index contributed by atoms with van der Waals surface area (Å²) in [6.07, 6.45) is 0. The van der Waals surface area contributed by atoms with E-state index in [0.717, 1.165) is 0 Å². The lowest BCUT2D eigenvalue weighted by Gasteiger charge is -2.12.